The average molecular weight is 567 g/mol. The van der Waals surface area contributed by atoms with Crippen LogP contribution in [0.3, 0.4) is 0 Å². The highest BCUT2D eigenvalue weighted by Gasteiger charge is 2.41. The number of hydrogen-bond donors (Lipinski definition) is 0. The molecule has 0 unspecified atom stereocenters. The Morgan fingerprint density at radius 2 is 1.93 bits per heavy atom. The summed E-state index contributed by atoms with van der Waals surface area (Å²) in [6.45, 7) is 13.7. The molecule has 1 saturated heterocycles. The van der Waals surface area contributed by atoms with Crippen molar-refractivity contribution in [2.75, 3.05) is 18.0 Å². The number of ether oxygens (including phenoxy) is 1. The molecule has 0 spiro atoms. The molecule has 0 atom stereocenters. The number of aromatic nitrogens is 3. The second-order valence-corrected chi connectivity index (χ2v) is 17.4. The molecule has 10 heteroatoms. The fourth-order valence-corrected chi connectivity index (χ4v) is 6.16. The minimum atomic E-state index is -2.75. The first kappa shape index (κ1) is 29.4. The maximum Gasteiger partial charge on any atom is 0.306 e. The van der Waals surface area contributed by atoms with Crippen molar-refractivity contribution < 1.29 is 22.8 Å². The summed E-state index contributed by atoms with van der Waals surface area (Å²) in [5, 5.41) is 5.11. The molecule has 0 radical (unpaired) electrons. The van der Waals surface area contributed by atoms with Crippen LogP contribution in [0.5, 0.6) is 0 Å². The SMILES string of the molecule is C#Cc1nc(N2CCC(F)(F)C2)c([Si](C)(C)C)cc1-c1nc(-c2ccc(CCC(=O)OC(C)(C)C)cc2C)no1. The molecule has 7 nitrogen and oxygen atoms in total. The Kier molecular flexibility index (Phi) is 7.91. The smallest absolute Gasteiger partial charge is 0.306 e. The molecule has 3 aromatic rings. The van der Waals surface area contributed by atoms with Gasteiger partial charge in [0.2, 0.25) is 5.82 Å². The lowest BCUT2D eigenvalue weighted by Gasteiger charge is -2.27. The first-order valence-electron chi connectivity index (χ1n) is 13.4. The Morgan fingerprint density at radius 1 is 1.20 bits per heavy atom. The number of anilines is 1. The summed E-state index contributed by atoms with van der Waals surface area (Å²) in [4.78, 5) is 23.0. The van der Waals surface area contributed by atoms with Crippen LogP contribution in [0.2, 0.25) is 19.6 Å². The predicted octanol–water partition coefficient (Wildman–Crippen LogP) is 5.75. The average Bonchev–Trinajstić information content (AvgIpc) is 3.46. The van der Waals surface area contributed by atoms with Crippen molar-refractivity contribution in [1.82, 2.24) is 15.1 Å². The highest BCUT2D eigenvalue weighted by atomic mass is 28.3. The first-order valence-corrected chi connectivity index (χ1v) is 16.9. The third-order valence-electron chi connectivity index (χ3n) is 6.64. The van der Waals surface area contributed by atoms with Gasteiger partial charge in [-0.05, 0) is 62.4 Å². The number of terminal acetylenes is 1. The van der Waals surface area contributed by atoms with Crippen molar-refractivity contribution in [2.24, 2.45) is 0 Å². The van der Waals surface area contributed by atoms with Gasteiger partial charge >= 0.3 is 5.97 Å². The number of esters is 1. The van der Waals surface area contributed by atoms with Gasteiger partial charge in [0, 0.05) is 24.9 Å². The molecule has 0 aliphatic carbocycles. The van der Waals surface area contributed by atoms with Gasteiger partial charge in [0.05, 0.1) is 20.2 Å². The number of hydrogen-bond acceptors (Lipinski definition) is 7. The number of pyridine rings is 1. The lowest BCUT2D eigenvalue weighted by atomic mass is 10.0. The molecule has 4 rings (SSSR count). The topological polar surface area (TPSA) is 81.4 Å². The number of carbonyl (C=O) groups excluding carboxylic acids is 1. The van der Waals surface area contributed by atoms with Gasteiger partial charge in [0.25, 0.3) is 11.8 Å². The van der Waals surface area contributed by atoms with Crippen molar-refractivity contribution in [3.8, 4) is 35.2 Å². The van der Waals surface area contributed by atoms with E-state index < -0.39 is 19.6 Å². The van der Waals surface area contributed by atoms with Crippen molar-refractivity contribution in [3.63, 3.8) is 0 Å². The zero-order valence-electron chi connectivity index (χ0n) is 24.2. The van der Waals surface area contributed by atoms with Crippen LogP contribution in [0, 0.1) is 19.3 Å². The first-order chi connectivity index (χ1) is 18.6. The molecule has 1 aromatic carbocycles. The highest BCUT2D eigenvalue weighted by Crippen LogP contribution is 2.33. The summed E-state index contributed by atoms with van der Waals surface area (Å²) in [5.41, 5.74) is 2.99. The second-order valence-electron chi connectivity index (χ2n) is 12.3. The van der Waals surface area contributed by atoms with Gasteiger partial charge in [-0.1, -0.05) is 43.0 Å². The Hall–Kier alpha value is -3.58. The largest absolute Gasteiger partial charge is 0.460 e. The lowest BCUT2D eigenvalue weighted by Crippen LogP contribution is -2.43. The van der Waals surface area contributed by atoms with Crippen LogP contribution in [0.1, 0.15) is 50.4 Å². The Bertz CT molecular complexity index is 1470. The van der Waals surface area contributed by atoms with Crippen LogP contribution in [0.4, 0.5) is 14.6 Å². The number of rotatable bonds is 7. The quantitative estimate of drug-likeness (QED) is 0.205. The number of benzene rings is 1. The standard InChI is InChI=1S/C30H36F2N4O3Si/c1-9-23-22(17-24(40(6,7)8)27(33-23)36-15-14-30(31,32)18-36)28-34-26(35-39-28)21-12-10-20(16-19(21)2)11-13-25(37)38-29(3,4)5/h1,10,12,16-17H,11,13-15,18H2,2-8H3. The van der Waals surface area contributed by atoms with E-state index in [1.54, 1.807) is 4.90 Å². The van der Waals surface area contributed by atoms with Crippen molar-refractivity contribution >= 4 is 25.0 Å². The van der Waals surface area contributed by atoms with Gasteiger partial charge in [-0.25, -0.2) is 13.8 Å². The molecular weight excluding hydrogens is 530 g/mol. The van der Waals surface area contributed by atoms with Crippen LogP contribution in [-0.2, 0) is 16.0 Å². The van der Waals surface area contributed by atoms with Gasteiger partial charge in [-0.15, -0.1) is 6.42 Å². The number of aryl methyl sites for hydroxylation is 2. The Balaban J connectivity index is 1.62. The fourth-order valence-electron chi connectivity index (χ4n) is 4.70. The number of alkyl halides is 2. The van der Waals surface area contributed by atoms with Gasteiger partial charge in [-0.3, -0.25) is 4.79 Å². The van der Waals surface area contributed by atoms with E-state index in [0.717, 1.165) is 21.9 Å². The van der Waals surface area contributed by atoms with E-state index in [1.165, 1.54) is 0 Å². The minimum absolute atomic E-state index is 0.209. The molecule has 212 valence electrons. The minimum Gasteiger partial charge on any atom is -0.460 e. The van der Waals surface area contributed by atoms with Crippen LogP contribution in [-0.4, -0.2) is 53.8 Å². The highest BCUT2D eigenvalue weighted by molar-refractivity contribution is 6.89. The van der Waals surface area contributed by atoms with E-state index in [2.05, 4.69) is 40.7 Å². The van der Waals surface area contributed by atoms with E-state index in [0.29, 0.717) is 23.6 Å². The van der Waals surface area contributed by atoms with E-state index in [9.17, 15) is 13.6 Å². The Labute approximate surface area is 235 Å². The van der Waals surface area contributed by atoms with E-state index in [4.69, 9.17) is 15.7 Å². The van der Waals surface area contributed by atoms with Crippen LogP contribution in [0.15, 0.2) is 28.8 Å². The van der Waals surface area contributed by atoms with E-state index in [-0.39, 0.29) is 43.5 Å². The third kappa shape index (κ3) is 6.76. The lowest BCUT2D eigenvalue weighted by molar-refractivity contribution is -0.154. The molecule has 0 saturated carbocycles. The molecule has 1 aliphatic heterocycles. The summed E-state index contributed by atoms with van der Waals surface area (Å²) in [6.07, 6.45) is 6.45. The van der Waals surface area contributed by atoms with Crippen molar-refractivity contribution in [3.05, 3.63) is 41.1 Å². The molecule has 0 amide bonds. The maximum atomic E-state index is 14.0. The fraction of sp³-hybridized carbons (Fsp3) is 0.467. The summed E-state index contributed by atoms with van der Waals surface area (Å²) in [6, 6.07) is 7.72. The molecule has 0 bridgehead atoms. The van der Waals surface area contributed by atoms with Crippen molar-refractivity contribution in [1.29, 1.82) is 0 Å². The van der Waals surface area contributed by atoms with Crippen molar-refractivity contribution in [2.45, 2.75) is 78.1 Å². The summed E-state index contributed by atoms with van der Waals surface area (Å²) in [5.74, 6) is 0.734. The molecule has 3 heterocycles. The summed E-state index contributed by atoms with van der Waals surface area (Å²) >= 11 is 0. The van der Waals surface area contributed by atoms with Crippen LogP contribution in [0.25, 0.3) is 22.8 Å². The van der Waals surface area contributed by atoms with E-state index >= 15 is 0 Å². The van der Waals surface area contributed by atoms with Gasteiger partial charge in [0.1, 0.15) is 17.1 Å². The molecule has 2 aromatic heterocycles. The predicted molar refractivity (Wildman–Crippen MR) is 155 cm³/mol. The Morgan fingerprint density at radius 3 is 2.50 bits per heavy atom. The van der Waals surface area contributed by atoms with E-state index in [1.807, 2.05) is 52.0 Å². The van der Waals surface area contributed by atoms with Gasteiger partial charge < -0.3 is 14.2 Å². The molecule has 40 heavy (non-hydrogen) atoms. The summed E-state index contributed by atoms with van der Waals surface area (Å²) < 4.78 is 39.1. The number of carbonyl (C=O) groups is 1. The number of nitrogens with zero attached hydrogens (tertiary/aromatic N) is 4. The summed E-state index contributed by atoms with van der Waals surface area (Å²) in [7, 11) is -2.03. The maximum absolute atomic E-state index is 14.0. The molecule has 1 fully saturated rings. The van der Waals surface area contributed by atoms with Gasteiger partial charge in [0.15, 0.2) is 0 Å². The normalized spacial score (nSPS) is 15.2. The van der Waals surface area contributed by atoms with Crippen LogP contribution < -0.4 is 10.1 Å². The zero-order chi connectivity index (χ0) is 29.5. The number of halogens is 2. The van der Waals surface area contributed by atoms with Crippen LogP contribution >= 0.6 is 0 Å². The molecule has 1 aliphatic rings. The third-order valence-corrected chi connectivity index (χ3v) is 8.63. The monoisotopic (exact) mass is 566 g/mol. The van der Waals surface area contributed by atoms with Gasteiger partial charge in [-0.2, -0.15) is 4.98 Å². The second kappa shape index (κ2) is 10.8. The molecular formula is C30H36F2N4O3Si. The zero-order valence-corrected chi connectivity index (χ0v) is 25.2. The molecule has 0 N–H and O–H groups in total.